The van der Waals surface area contributed by atoms with E-state index in [-0.39, 0.29) is 24.8 Å². The van der Waals surface area contributed by atoms with Crippen LogP contribution in [0.2, 0.25) is 0 Å². The lowest BCUT2D eigenvalue weighted by molar-refractivity contribution is -0.159. The first-order valence-corrected chi connectivity index (χ1v) is 17.7. The number of rotatable bonds is 31. The van der Waals surface area contributed by atoms with Gasteiger partial charge in [0.15, 0.2) is 6.29 Å². The summed E-state index contributed by atoms with van der Waals surface area (Å²) in [5, 5.41) is 0. The number of nitrogens with zero attached hydrogens (tertiary/aromatic N) is 1. The van der Waals surface area contributed by atoms with Gasteiger partial charge in [0.05, 0.1) is 19.6 Å². The Bertz CT molecular complexity index is 689. The summed E-state index contributed by atoms with van der Waals surface area (Å²) in [5.41, 5.74) is 0. The Hall–Kier alpha value is -1.90. The molecule has 0 spiro atoms. The molecule has 0 radical (unpaired) electrons. The van der Waals surface area contributed by atoms with Gasteiger partial charge in [0.1, 0.15) is 6.10 Å². The quantitative estimate of drug-likeness (QED) is 0.0326. The second-order valence-corrected chi connectivity index (χ2v) is 11.4. The summed E-state index contributed by atoms with van der Waals surface area (Å²) in [4.78, 5) is 26.8. The molecule has 0 aromatic rings. The maximum absolute atomic E-state index is 12.4. The van der Waals surface area contributed by atoms with Gasteiger partial charge in [0.2, 0.25) is 0 Å². The van der Waals surface area contributed by atoms with Crippen molar-refractivity contribution in [1.82, 2.24) is 4.90 Å². The number of allylic oxidation sites excluding steroid dienone is 4. The fourth-order valence-corrected chi connectivity index (χ4v) is 4.42. The Kier molecular flexibility index (Phi) is 31.1. The second-order valence-electron chi connectivity index (χ2n) is 11.4. The largest absolute Gasteiger partial charge is 0.508 e. The smallest absolute Gasteiger partial charge is 0.466 e. The molecule has 1 unspecified atom stereocenters. The molecule has 0 saturated carbocycles. The van der Waals surface area contributed by atoms with Crippen LogP contribution < -0.4 is 0 Å². The van der Waals surface area contributed by atoms with Gasteiger partial charge in [0, 0.05) is 26.2 Å². The highest BCUT2D eigenvalue weighted by Gasteiger charge is 2.16. The SMILES string of the molecule is CC/C=C\CCCCOC(CCC(=O)OCCCCC(CCCC)OC(=O)OCCCN(C)CC)OCCCC/C=C\CC. The van der Waals surface area contributed by atoms with Crippen LogP contribution in [0.15, 0.2) is 24.3 Å². The van der Waals surface area contributed by atoms with E-state index in [9.17, 15) is 9.59 Å². The molecule has 44 heavy (non-hydrogen) atoms. The molecule has 0 aromatic heterocycles. The highest BCUT2D eigenvalue weighted by molar-refractivity contribution is 5.69. The molecule has 0 heterocycles. The summed E-state index contributed by atoms with van der Waals surface area (Å²) in [6.45, 7) is 12.3. The molecule has 0 fully saturated rings. The lowest BCUT2D eigenvalue weighted by Crippen LogP contribution is -2.23. The van der Waals surface area contributed by atoms with Crippen molar-refractivity contribution in [2.75, 3.05) is 46.6 Å². The minimum Gasteiger partial charge on any atom is -0.466 e. The minimum atomic E-state index is -0.586. The normalized spacial score (nSPS) is 12.5. The average Bonchev–Trinajstić information content (AvgIpc) is 3.02. The molecule has 0 saturated heterocycles. The number of hydrogen-bond acceptors (Lipinski definition) is 8. The maximum atomic E-state index is 12.4. The number of unbranched alkanes of at least 4 members (excludes halogenated alkanes) is 6. The van der Waals surface area contributed by atoms with Crippen LogP contribution in [0.3, 0.4) is 0 Å². The van der Waals surface area contributed by atoms with Gasteiger partial charge in [-0.05, 0) is 97.1 Å². The molecule has 8 nitrogen and oxygen atoms in total. The van der Waals surface area contributed by atoms with E-state index in [0.717, 1.165) is 109 Å². The summed E-state index contributed by atoms with van der Waals surface area (Å²) in [6.07, 6.45) is 22.7. The summed E-state index contributed by atoms with van der Waals surface area (Å²) in [6, 6.07) is 0. The van der Waals surface area contributed by atoms with E-state index in [4.69, 9.17) is 23.7 Å². The number of carbonyl (C=O) groups is 2. The fourth-order valence-electron chi connectivity index (χ4n) is 4.42. The highest BCUT2D eigenvalue weighted by atomic mass is 16.7. The first-order chi connectivity index (χ1) is 21.5. The van der Waals surface area contributed by atoms with Crippen molar-refractivity contribution >= 4 is 12.1 Å². The van der Waals surface area contributed by atoms with E-state index in [2.05, 4.69) is 56.9 Å². The van der Waals surface area contributed by atoms with E-state index in [1.54, 1.807) is 0 Å². The van der Waals surface area contributed by atoms with Crippen molar-refractivity contribution in [2.24, 2.45) is 0 Å². The van der Waals surface area contributed by atoms with Gasteiger partial charge in [-0.3, -0.25) is 4.79 Å². The van der Waals surface area contributed by atoms with Crippen LogP contribution in [0.5, 0.6) is 0 Å². The van der Waals surface area contributed by atoms with E-state index >= 15 is 0 Å². The third kappa shape index (κ3) is 28.8. The van der Waals surface area contributed by atoms with Crippen LogP contribution in [0.1, 0.15) is 137 Å². The minimum absolute atomic E-state index is 0.170. The third-order valence-electron chi connectivity index (χ3n) is 7.30. The predicted molar refractivity (Wildman–Crippen MR) is 180 cm³/mol. The zero-order valence-electron chi connectivity index (χ0n) is 29.0. The zero-order valence-corrected chi connectivity index (χ0v) is 29.0. The van der Waals surface area contributed by atoms with Crippen LogP contribution in [-0.4, -0.2) is 76.0 Å². The molecule has 0 aliphatic carbocycles. The van der Waals surface area contributed by atoms with Gasteiger partial charge in [-0.15, -0.1) is 0 Å². The Morgan fingerprint density at radius 1 is 0.659 bits per heavy atom. The van der Waals surface area contributed by atoms with Crippen molar-refractivity contribution in [3.8, 4) is 0 Å². The molecule has 0 aliphatic rings. The second kappa shape index (κ2) is 32.5. The maximum Gasteiger partial charge on any atom is 0.508 e. The predicted octanol–water partition coefficient (Wildman–Crippen LogP) is 9.17. The molecule has 1 atom stereocenters. The molecule has 258 valence electrons. The molecule has 0 aliphatic heterocycles. The molecule has 0 rings (SSSR count). The number of ether oxygens (including phenoxy) is 5. The van der Waals surface area contributed by atoms with Gasteiger partial charge in [-0.1, -0.05) is 64.8 Å². The third-order valence-corrected chi connectivity index (χ3v) is 7.30. The summed E-state index contributed by atoms with van der Waals surface area (Å²) in [7, 11) is 2.04. The van der Waals surface area contributed by atoms with Crippen LogP contribution >= 0.6 is 0 Å². The first kappa shape index (κ1) is 42.1. The van der Waals surface area contributed by atoms with Crippen LogP contribution in [-0.2, 0) is 28.5 Å². The van der Waals surface area contributed by atoms with Gasteiger partial charge in [-0.2, -0.15) is 0 Å². The van der Waals surface area contributed by atoms with Crippen molar-refractivity contribution in [2.45, 2.75) is 149 Å². The Morgan fingerprint density at radius 2 is 1.25 bits per heavy atom. The van der Waals surface area contributed by atoms with Crippen molar-refractivity contribution < 1.29 is 33.3 Å². The van der Waals surface area contributed by atoms with Crippen molar-refractivity contribution in [1.29, 1.82) is 0 Å². The molecule has 8 heteroatoms. The lowest BCUT2D eigenvalue weighted by Gasteiger charge is -2.19. The Morgan fingerprint density at radius 3 is 1.84 bits per heavy atom. The Balaban J connectivity index is 4.36. The number of esters is 1. The summed E-state index contributed by atoms with van der Waals surface area (Å²) in [5.74, 6) is -0.229. The molecule has 0 aromatic carbocycles. The molecular formula is C36H67NO7. The number of carbonyl (C=O) groups excluding carboxylic acids is 2. The molecule has 0 N–H and O–H groups in total. The van der Waals surface area contributed by atoms with Gasteiger partial charge in [-0.25, -0.2) is 4.79 Å². The van der Waals surface area contributed by atoms with E-state index < -0.39 is 6.16 Å². The van der Waals surface area contributed by atoms with E-state index in [1.807, 2.05) is 7.05 Å². The monoisotopic (exact) mass is 625 g/mol. The van der Waals surface area contributed by atoms with Gasteiger partial charge in [0.25, 0.3) is 0 Å². The van der Waals surface area contributed by atoms with Crippen LogP contribution in [0, 0.1) is 0 Å². The number of hydrogen-bond donors (Lipinski definition) is 0. The molecular weight excluding hydrogens is 558 g/mol. The topological polar surface area (TPSA) is 83.5 Å². The van der Waals surface area contributed by atoms with Crippen molar-refractivity contribution in [3.63, 3.8) is 0 Å². The van der Waals surface area contributed by atoms with Gasteiger partial charge >= 0.3 is 12.1 Å². The van der Waals surface area contributed by atoms with Crippen LogP contribution in [0.25, 0.3) is 0 Å². The zero-order chi connectivity index (χ0) is 32.5. The van der Waals surface area contributed by atoms with Crippen molar-refractivity contribution in [3.05, 3.63) is 24.3 Å². The fraction of sp³-hybridized carbons (Fsp3) is 0.833. The molecule has 0 amide bonds. The Labute approximate surface area is 270 Å². The molecule has 0 bridgehead atoms. The highest BCUT2D eigenvalue weighted by Crippen LogP contribution is 2.15. The van der Waals surface area contributed by atoms with E-state index in [1.165, 1.54) is 0 Å². The lowest BCUT2D eigenvalue weighted by atomic mass is 10.1. The first-order valence-electron chi connectivity index (χ1n) is 17.7. The van der Waals surface area contributed by atoms with Gasteiger partial charge < -0.3 is 28.6 Å². The summed E-state index contributed by atoms with van der Waals surface area (Å²) >= 11 is 0. The van der Waals surface area contributed by atoms with Crippen LogP contribution in [0.4, 0.5) is 4.79 Å². The standard InChI is InChI=1S/C36H67NO7/c1-6-10-13-15-17-20-30-41-35(42-31-21-18-16-14-11-7-2)27-26-34(38)40-29-22-19-25-33(24-12-8-3)44-36(39)43-32-23-28-37(5)9-4/h10-11,13-14,33,35H,6-9,12,15-32H2,1-5H3/b13-10-,14-11-. The van der Waals surface area contributed by atoms with E-state index in [0.29, 0.717) is 32.8 Å². The summed E-state index contributed by atoms with van der Waals surface area (Å²) < 4.78 is 28.4. The average molecular weight is 626 g/mol.